The largest absolute Gasteiger partial charge is 0.480 e. The molecule has 1 aliphatic rings. The predicted octanol–water partition coefficient (Wildman–Crippen LogP) is 2.79. The maximum absolute atomic E-state index is 12.2. The number of carbonyl (C=O) groups excluding carboxylic acids is 1. The van der Waals surface area contributed by atoms with Crippen molar-refractivity contribution in [1.82, 2.24) is 5.32 Å². The molecule has 1 fully saturated rings. The molecule has 6 heteroatoms. The number of halogens is 1. The molecule has 5 nitrogen and oxygen atoms in total. The standard InChI is InChI=1S/C15H19BrN2O3/c16-11-8-10(6-7-12(11)17)14(19)18-13(15(20)21)9-4-2-1-3-5-9/h6-9,13H,1-5,17H2,(H,18,19)(H,20,21). The number of carbonyl (C=O) groups is 2. The molecule has 0 saturated heterocycles. The van der Waals surface area contributed by atoms with E-state index in [1.165, 1.54) is 0 Å². The van der Waals surface area contributed by atoms with E-state index in [1.807, 2.05) is 0 Å². The second-order valence-corrected chi connectivity index (χ2v) is 6.28. The molecule has 2 rings (SSSR count). The van der Waals surface area contributed by atoms with E-state index in [0.717, 1.165) is 32.1 Å². The SMILES string of the molecule is Nc1ccc(C(=O)NC(C(=O)O)C2CCCCC2)cc1Br. The van der Waals surface area contributed by atoms with Crippen LogP contribution in [0.2, 0.25) is 0 Å². The van der Waals surface area contributed by atoms with Crippen LogP contribution in [0.4, 0.5) is 5.69 Å². The zero-order valence-electron chi connectivity index (χ0n) is 11.6. The Balaban J connectivity index is 2.10. The summed E-state index contributed by atoms with van der Waals surface area (Å²) in [5.74, 6) is -1.34. The van der Waals surface area contributed by atoms with Gasteiger partial charge >= 0.3 is 5.97 Å². The third-order valence-corrected chi connectivity index (χ3v) is 4.62. The summed E-state index contributed by atoms with van der Waals surface area (Å²) in [5.41, 5.74) is 6.62. The highest BCUT2D eigenvalue weighted by Crippen LogP contribution is 2.27. The topological polar surface area (TPSA) is 92.4 Å². The highest BCUT2D eigenvalue weighted by molar-refractivity contribution is 9.10. The Bertz CT molecular complexity index is 542. The smallest absolute Gasteiger partial charge is 0.326 e. The number of nitrogens with two attached hydrogens (primary N) is 1. The Morgan fingerprint density at radius 1 is 1.29 bits per heavy atom. The van der Waals surface area contributed by atoms with Crippen molar-refractivity contribution in [2.24, 2.45) is 5.92 Å². The molecule has 0 aliphatic heterocycles. The number of aliphatic carboxylic acids is 1. The zero-order chi connectivity index (χ0) is 15.4. The van der Waals surface area contributed by atoms with Crippen LogP contribution in [0.5, 0.6) is 0 Å². The molecule has 4 N–H and O–H groups in total. The number of carboxylic acid groups (broad SMARTS) is 1. The quantitative estimate of drug-likeness (QED) is 0.724. The molecule has 1 aliphatic carbocycles. The van der Waals surface area contributed by atoms with Gasteiger partial charge in [-0.15, -0.1) is 0 Å². The van der Waals surface area contributed by atoms with Crippen LogP contribution in [0.25, 0.3) is 0 Å². The lowest BCUT2D eigenvalue weighted by Gasteiger charge is -2.28. The van der Waals surface area contributed by atoms with Crippen LogP contribution in [0.3, 0.4) is 0 Å². The van der Waals surface area contributed by atoms with Crippen LogP contribution in [-0.2, 0) is 4.79 Å². The number of carboxylic acids is 1. The first-order chi connectivity index (χ1) is 9.99. The van der Waals surface area contributed by atoms with Crippen molar-refractivity contribution in [3.63, 3.8) is 0 Å². The summed E-state index contributed by atoms with van der Waals surface area (Å²) in [6, 6.07) is 3.99. The molecule has 1 amide bonds. The van der Waals surface area contributed by atoms with Gasteiger partial charge in [0.25, 0.3) is 5.91 Å². The van der Waals surface area contributed by atoms with Crippen molar-refractivity contribution in [2.45, 2.75) is 38.1 Å². The van der Waals surface area contributed by atoms with E-state index in [9.17, 15) is 14.7 Å². The molecule has 0 bridgehead atoms. The van der Waals surface area contributed by atoms with Crippen molar-refractivity contribution >= 4 is 33.5 Å². The van der Waals surface area contributed by atoms with E-state index in [0.29, 0.717) is 15.7 Å². The fraction of sp³-hybridized carbons (Fsp3) is 0.467. The third kappa shape index (κ3) is 3.97. The average molecular weight is 355 g/mol. The van der Waals surface area contributed by atoms with Crippen LogP contribution >= 0.6 is 15.9 Å². The highest BCUT2D eigenvalue weighted by Gasteiger charge is 2.30. The minimum Gasteiger partial charge on any atom is -0.480 e. The number of nitrogen functional groups attached to an aromatic ring is 1. The maximum atomic E-state index is 12.2. The second-order valence-electron chi connectivity index (χ2n) is 5.42. The monoisotopic (exact) mass is 354 g/mol. The lowest BCUT2D eigenvalue weighted by Crippen LogP contribution is -2.46. The first kappa shape index (κ1) is 15.8. The summed E-state index contributed by atoms with van der Waals surface area (Å²) in [6.07, 6.45) is 4.89. The van der Waals surface area contributed by atoms with Crippen molar-refractivity contribution in [3.05, 3.63) is 28.2 Å². The molecular formula is C15H19BrN2O3. The first-order valence-electron chi connectivity index (χ1n) is 7.07. The van der Waals surface area contributed by atoms with Gasteiger partial charge in [0.1, 0.15) is 6.04 Å². The first-order valence-corrected chi connectivity index (χ1v) is 7.87. The zero-order valence-corrected chi connectivity index (χ0v) is 13.2. The summed E-state index contributed by atoms with van der Waals surface area (Å²) >= 11 is 3.26. The van der Waals surface area contributed by atoms with Gasteiger partial charge in [-0.1, -0.05) is 19.3 Å². The van der Waals surface area contributed by atoms with Gasteiger partial charge in [-0.3, -0.25) is 4.79 Å². The summed E-state index contributed by atoms with van der Waals surface area (Å²) in [4.78, 5) is 23.7. The molecule has 114 valence electrons. The van der Waals surface area contributed by atoms with Gasteiger partial charge in [-0.2, -0.15) is 0 Å². The summed E-state index contributed by atoms with van der Waals surface area (Å²) < 4.78 is 0.625. The van der Waals surface area contributed by atoms with Gasteiger partial charge in [0, 0.05) is 15.7 Å². The van der Waals surface area contributed by atoms with Crippen LogP contribution in [0, 0.1) is 5.92 Å². The summed E-state index contributed by atoms with van der Waals surface area (Å²) in [6.45, 7) is 0. The van der Waals surface area contributed by atoms with Crippen LogP contribution in [0.15, 0.2) is 22.7 Å². The fourth-order valence-corrected chi connectivity index (χ4v) is 3.12. The van der Waals surface area contributed by atoms with Gasteiger partial charge in [-0.05, 0) is 52.9 Å². The van der Waals surface area contributed by atoms with E-state index in [-0.39, 0.29) is 11.8 Å². The van der Waals surface area contributed by atoms with E-state index in [1.54, 1.807) is 18.2 Å². The molecular weight excluding hydrogens is 336 g/mol. The number of nitrogens with one attached hydrogen (secondary N) is 1. The van der Waals surface area contributed by atoms with Gasteiger partial charge in [0.15, 0.2) is 0 Å². The molecule has 1 unspecified atom stereocenters. The Hall–Kier alpha value is -1.56. The number of rotatable bonds is 4. The fourth-order valence-electron chi connectivity index (χ4n) is 2.74. The summed E-state index contributed by atoms with van der Waals surface area (Å²) in [5, 5.41) is 12.0. The second kappa shape index (κ2) is 6.93. The minimum absolute atomic E-state index is 0.0115. The van der Waals surface area contributed by atoms with Gasteiger partial charge in [-0.25, -0.2) is 4.79 Å². The van der Waals surface area contributed by atoms with Crippen molar-refractivity contribution in [1.29, 1.82) is 0 Å². The molecule has 0 radical (unpaired) electrons. The average Bonchev–Trinajstić information content (AvgIpc) is 2.48. The molecule has 1 atom stereocenters. The number of amides is 1. The van der Waals surface area contributed by atoms with Gasteiger partial charge in [0.2, 0.25) is 0 Å². The van der Waals surface area contributed by atoms with E-state index >= 15 is 0 Å². The lowest BCUT2D eigenvalue weighted by atomic mass is 9.84. The number of hydrogen-bond acceptors (Lipinski definition) is 3. The van der Waals surface area contributed by atoms with Crippen molar-refractivity contribution in [2.75, 3.05) is 5.73 Å². The van der Waals surface area contributed by atoms with Crippen LogP contribution in [0.1, 0.15) is 42.5 Å². The van der Waals surface area contributed by atoms with Crippen molar-refractivity contribution < 1.29 is 14.7 Å². The Labute approximate surface area is 132 Å². The maximum Gasteiger partial charge on any atom is 0.326 e. The molecule has 1 aromatic carbocycles. The lowest BCUT2D eigenvalue weighted by molar-refractivity contribution is -0.141. The van der Waals surface area contributed by atoms with Crippen molar-refractivity contribution in [3.8, 4) is 0 Å². The molecule has 1 saturated carbocycles. The van der Waals surface area contributed by atoms with Gasteiger partial charge in [0.05, 0.1) is 0 Å². The molecule has 21 heavy (non-hydrogen) atoms. The molecule has 1 aromatic rings. The van der Waals surface area contributed by atoms with Gasteiger partial charge < -0.3 is 16.2 Å². The van der Waals surface area contributed by atoms with E-state index < -0.39 is 12.0 Å². The normalized spacial score (nSPS) is 17.2. The number of anilines is 1. The van der Waals surface area contributed by atoms with E-state index in [2.05, 4.69) is 21.2 Å². The van der Waals surface area contributed by atoms with Crippen LogP contribution < -0.4 is 11.1 Å². The minimum atomic E-state index is -0.968. The predicted molar refractivity (Wildman–Crippen MR) is 84.0 cm³/mol. The third-order valence-electron chi connectivity index (χ3n) is 3.94. The Morgan fingerprint density at radius 2 is 1.95 bits per heavy atom. The van der Waals surface area contributed by atoms with Crippen LogP contribution in [-0.4, -0.2) is 23.0 Å². The summed E-state index contributed by atoms with van der Waals surface area (Å²) in [7, 11) is 0. The number of hydrogen-bond donors (Lipinski definition) is 3. The Kier molecular flexibility index (Phi) is 5.22. The Morgan fingerprint density at radius 3 is 2.52 bits per heavy atom. The molecule has 0 aromatic heterocycles. The molecule has 0 heterocycles. The van der Waals surface area contributed by atoms with E-state index in [4.69, 9.17) is 5.73 Å². The highest BCUT2D eigenvalue weighted by atomic mass is 79.9. The number of benzene rings is 1. The molecule has 0 spiro atoms.